The zero-order valence-electron chi connectivity index (χ0n) is 52.6. The minimum atomic E-state index is 1.12. The van der Waals surface area contributed by atoms with E-state index in [-0.39, 0.29) is 0 Å². The zero-order chi connectivity index (χ0) is 63.2. The SMILES string of the molecule is CN(c1ccc(-c2ccc(N(c3ccccc3)c3cccc(-c4ccccc4)c3)cc2)cc1)c1c2ccccc2cc2ccccc12.CN(c1ccc(-c2ccc(N(c3ccccc3)c3cccc(-c4ccccc4)c3)cc2)cc1)c1ccc2cc3ccccc3cc2c1. The van der Waals surface area contributed by atoms with Gasteiger partial charge in [0, 0.05) is 76.1 Å². The van der Waals surface area contributed by atoms with Crippen LogP contribution in [0.15, 0.2) is 376 Å². The van der Waals surface area contributed by atoms with Gasteiger partial charge in [-0.2, -0.15) is 0 Å². The summed E-state index contributed by atoms with van der Waals surface area (Å²) in [7, 11) is 4.31. The molecule has 0 aliphatic heterocycles. The lowest BCUT2D eigenvalue weighted by Gasteiger charge is -2.26. The quantitative estimate of drug-likeness (QED) is 0.101. The van der Waals surface area contributed by atoms with Gasteiger partial charge in [0.15, 0.2) is 0 Å². The minimum absolute atomic E-state index is 1.12. The van der Waals surface area contributed by atoms with Crippen LogP contribution >= 0.6 is 0 Å². The average Bonchev–Trinajstić information content (AvgIpc) is 0.794. The van der Waals surface area contributed by atoms with Gasteiger partial charge in [-0.15, -0.1) is 0 Å². The summed E-state index contributed by atoms with van der Waals surface area (Å²) in [6.45, 7) is 0. The van der Waals surface area contributed by atoms with Crippen LogP contribution in [0.25, 0.3) is 87.6 Å². The smallest absolute Gasteiger partial charge is 0.0567 e. The average molecular weight is 1210 g/mol. The molecule has 16 aromatic rings. The molecule has 0 heterocycles. The first-order valence-electron chi connectivity index (χ1n) is 32.2. The number of benzene rings is 16. The minimum Gasteiger partial charge on any atom is -0.345 e. The van der Waals surface area contributed by atoms with E-state index in [0.29, 0.717) is 0 Å². The number of nitrogens with zero attached hydrogens (tertiary/aromatic N) is 4. The van der Waals surface area contributed by atoms with Crippen molar-refractivity contribution in [2.24, 2.45) is 0 Å². The Balaban J connectivity index is 0.000000155. The summed E-state index contributed by atoms with van der Waals surface area (Å²) in [6.07, 6.45) is 0. The molecule has 0 amide bonds. The summed E-state index contributed by atoms with van der Waals surface area (Å²) in [5.74, 6) is 0. The van der Waals surface area contributed by atoms with Crippen LogP contribution in [0.4, 0.5) is 56.9 Å². The molecule has 16 aromatic carbocycles. The Kier molecular flexibility index (Phi) is 16.3. The summed E-state index contributed by atoms with van der Waals surface area (Å²) in [6, 6.07) is 135. The lowest BCUT2D eigenvalue weighted by Crippen LogP contribution is -2.10. The third-order valence-electron chi connectivity index (χ3n) is 18.0. The van der Waals surface area contributed by atoms with Crippen LogP contribution in [0.2, 0.25) is 0 Å². The van der Waals surface area contributed by atoms with Crippen LogP contribution in [0.1, 0.15) is 0 Å². The van der Waals surface area contributed by atoms with Crippen LogP contribution in [-0.4, -0.2) is 14.1 Å². The molecule has 16 rings (SSSR count). The number of para-hydroxylation sites is 2. The molecule has 0 bridgehead atoms. The third kappa shape index (κ3) is 12.2. The summed E-state index contributed by atoms with van der Waals surface area (Å²) in [4.78, 5) is 9.21. The molecule has 4 nitrogen and oxygen atoms in total. The van der Waals surface area contributed by atoms with Gasteiger partial charge in [0.05, 0.1) is 5.69 Å². The maximum absolute atomic E-state index is 2.32. The highest BCUT2D eigenvalue weighted by Gasteiger charge is 2.18. The molecule has 0 aliphatic carbocycles. The van der Waals surface area contributed by atoms with Crippen LogP contribution < -0.4 is 19.6 Å². The van der Waals surface area contributed by atoms with Gasteiger partial charge in [-0.25, -0.2) is 0 Å². The van der Waals surface area contributed by atoms with Crippen LogP contribution in [0, 0.1) is 0 Å². The highest BCUT2D eigenvalue weighted by molar-refractivity contribution is 6.12. The molecule has 0 N–H and O–H groups in total. The van der Waals surface area contributed by atoms with Gasteiger partial charge in [-0.05, 0) is 204 Å². The van der Waals surface area contributed by atoms with Gasteiger partial charge < -0.3 is 19.6 Å². The first-order chi connectivity index (χ1) is 46.4. The molecular weight excluding hydrogens is 1140 g/mol. The van der Waals surface area contributed by atoms with E-state index in [1.807, 2.05) is 0 Å². The molecule has 0 unspecified atom stereocenters. The van der Waals surface area contributed by atoms with E-state index in [4.69, 9.17) is 0 Å². The second-order valence-corrected chi connectivity index (χ2v) is 23.9. The van der Waals surface area contributed by atoms with Crippen molar-refractivity contribution in [2.45, 2.75) is 0 Å². The second-order valence-electron chi connectivity index (χ2n) is 23.9. The van der Waals surface area contributed by atoms with Gasteiger partial charge in [-0.3, -0.25) is 0 Å². The summed E-state index contributed by atoms with van der Waals surface area (Å²) in [5.41, 5.74) is 21.0. The van der Waals surface area contributed by atoms with Crippen molar-refractivity contribution in [1.82, 2.24) is 0 Å². The van der Waals surface area contributed by atoms with E-state index in [1.165, 1.54) is 99.0 Å². The predicted molar refractivity (Wildman–Crippen MR) is 403 cm³/mol. The Labute approximate surface area is 551 Å². The van der Waals surface area contributed by atoms with Crippen molar-refractivity contribution >= 4 is 100.0 Å². The number of hydrogen-bond donors (Lipinski definition) is 0. The van der Waals surface area contributed by atoms with E-state index >= 15 is 0 Å². The standard InChI is InChI=1S/2C45H34N2/c1-46(45-43-21-10-8-15-37(43)31-38-16-9-11-22-44(38)45)39-27-23-34(24-28-39)35-25-29-41(30-26-35)47(40-18-6-3-7-19-40)42-20-12-17-36(32-42)33-13-4-2-5-14-33;1-46(44-28-23-39-29-36-13-8-9-14-37(36)30-40(39)32-44)41-24-19-34(20-25-41)35-21-26-43(27-22-35)47(42-16-6-3-7-17-42)45-18-10-15-38(31-45)33-11-4-2-5-12-33/h2*2-32H,1H3. The molecule has 448 valence electrons. The van der Waals surface area contributed by atoms with Crippen molar-refractivity contribution in [3.8, 4) is 44.5 Å². The van der Waals surface area contributed by atoms with Gasteiger partial charge in [0.1, 0.15) is 0 Å². The second kappa shape index (κ2) is 26.3. The molecule has 0 saturated carbocycles. The largest absolute Gasteiger partial charge is 0.345 e. The number of rotatable bonds is 14. The predicted octanol–water partition coefficient (Wildman–Crippen LogP) is 25.1. The van der Waals surface area contributed by atoms with Crippen molar-refractivity contribution in [3.05, 3.63) is 376 Å². The molecule has 0 atom stereocenters. The maximum Gasteiger partial charge on any atom is 0.0567 e. The number of anilines is 10. The molecule has 94 heavy (non-hydrogen) atoms. The normalized spacial score (nSPS) is 11.1. The Bertz CT molecular complexity index is 5200. The van der Waals surface area contributed by atoms with Crippen molar-refractivity contribution < 1.29 is 0 Å². The Morgan fingerprint density at radius 3 is 0.883 bits per heavy atom. The van der Waals surface area contributed by atoms with Crippen LogP contribution in [-0.2, 0) is 0 Å². The number of fused-ring (bicyclic) bond motifs is 4. The summed E-state index contributed by atoms with van der Waals surface area (Å²) < 4.78 is 0. The fourth-order valence-electron chi connectivity index (χ4n) is 13.1. The lowest BCUT2D eigenvalue weighted by atomic mass is 9.99. The highest BCUT2D eigenvalue weighted by atomic mass is 15.1. The van der Waals surface area contributed by atoms with E-state index in [0.717, 1.165) is 45.5 Å². The molecule has 0 aromatic heterocycles. The fourth-order valence-corrected chi connectivity index (χ4v) is 13.1. The summed E-state index contributed by atoms with van der Waals surface area (Å²) >= 11 is 0. The monoisotopic (exact) mass is 1200 g/mol. The van der Waals surface area contributed by atoms with E-state index < -0.39 is 0 Å². The fraction of sp³-hybridized carbons (Fsp3) is 0.0222. The van der Waals surface area contributed by atoms with Gasteiger partial charge in [0.25, 0.3) is 0 Å². The number of hydrogen-bond acceptors (Lipinski definition) is 4. The molecule has 0 saturated heterocycles. The van der Waals surface area contributed by atoms with Crippen molar-refractivity contribution in [2.75, 3.05) is 33.7 Å². The van der Waals surface area contributed by atoms with Crippen LogP contribution in [0.5, 0.6) is 0 Å². The van der Waals surface area contributed by atoms with Gasteiger partial charge in [0.2, 0.25) is 0 Å². The van der Waals surface area contributed by atoms with E-state index in [1.54, 1.807) is 0 Å². The first-order valence-corrected chi connectivity index (χ1v) is 32.2. The van der Waals surface area contributed by atoms with E-state index in [9.17, 15) is 0 Å². The van der Waals surface area contributed by atoms with Crippen molar-refractivity contribution in [1.29, 1.82) is 0 Å². The molecule has 4 heteroatoms. The molecule has 0 radical (unpaired) electrons. The Morgan fingerprint density at radius 1 is 0.160 bits per heavy atom. The molecule has 0 spiro atoms. The topological polar surface area (TPSA) is 13.0 Å². The maximum atomic E-state index is 2.32. The zero-order valence-corrected chi connectivity index (χ0v) is 52.6. The highest BCUT2D eigenvalue weighted by Crippen LogP contribution is 2.42. The Hall–Kier alpha value is -12.2. The Morgan fingerprint density at radius 2 is 0.447 bits per heavy atom. The van der Waals surface area contributed by atoms with Crippen molar-refractivity contribution in [3.63, 3.8) is 0 Å². The molecule has 0 fully saturated rings. The van der Waals surface area contributed by atoms with Crippen LogP contribution in [0.3, 0.4) is 0 Å². The van der Waals surface area contributed by atoms with Gasteiger partial charge in [-0.1, -0.05) is 249 Å². The lowest BCUT2D eigenvalue weighted by molar-refractivity contribution is 1.21. The summed E-state index contributed by atoms with van der Waals surface area (Å²) in [5, 5.41) is 10.1. The first kappa shape index (κ1) is 58.2. The third-order valence-corrected chi connectivity index (χ3v) is 18.0. The molecular formula is C90H68N4. The van der Waals surface area contributed by atoms with E-state index in [2.05, 4.69) is 410 Å². The van der Waals surface area contributed by atoms with Gasteiger partial charge >= 0.3 is 0 Å². The molecule has 0 aliphatic rings.